The molecule has 0 aliphatic rings. The number of phenolic OH excluding ortho intramolecular Hbond substituents is 1. The number of benzene rings is 3. The fourth-order valence-corrected chi connectivity index (χ4v) is 5.33. The molecular weight excluding hydrogens is 656 g/mol. The van der Waals surface area contributed by atoms with E-state index >= 15 is 0 Å². The third-order valence-electron chi connectivity index (χ3n) is 5.22. The van der Waals surface area contributed by atoms with Crippen LogP contribution in [0.2, 0.25) is 10.0 Å². The average molecular weight is 674 g/mol. The molecule has 2 unspecified atom stereocenters. The van der Waals surface area contributed by atoms with E-state index in [4.69, 9.17) is 55.9 Å². The summed E-state index contributed by atoms with van der Waals surface area (Å²) < 4.78 is 121. The first-order valence-corrected chi connectivity index (χ1v) is 13.5. The fraction of sp³-hybridized carbons (Fsp3) is 0.250. The smallest absolute Gasteiger partial charge is 0.402 e. The van der Waals surface area contributed by atoms with Gasteiger partial charge in [0.05, 0.1) is 14.2 Å². The molecule has 0 saturated carbocycles. The van der Waals surface area contributed by atoms with E-state index in [1.165, 1.54) is 14.2 Å². The van der Waals surface area contributed by atoms with Crippen LogP contribution >= 0.6 is 46.4 Å². The van der Waals surface area contributed by atoms with Crippen molar-refractivity contribution in [1.82, 2.24) is 0 Å². The Morgan fingerprint density at radius 1 is 0.650 bits per heavy atom. The summed E-state index contributed by atoms with van der Waals surface area (Å²) in [7, 11) is -4.33. The molecule has 220 valence electrons. The second-order valence-electron chi connectivity index (χ2n) is 7.71. The predicted molar refractivity (Wildman–Crippen MR) is 140 cm³/mol. The van der Waals surface area contributed by atoms with Crippen LogP contribution in [0.3, 0.4) is 0 Å². The first-order chi connectivity index (χ1) is 18.3. The third-order valence-corrected chi connectivity index (χ3v) is 8.77. The van der Waals surface area contributed by atoms with Crippen LogP contribution < -0.4 is 9.47 Å². The monoisotopic (exact) mass is 672 g/mol. The molecule has 0 aromatic heterocycles. The van der Waals surface area contributed by atoms with Crippen molar-refractivity contribution in [2.75, 3.05) is 14.2 Å². The van der Waals surface area contributed by atoms with Gasteiger partial charge in [-0.1, -0.05) is 76.7 Å². The number of ether oxygens (including phenoxy) is 2. The molecule has 3 aromatic rings. The molecule has 0 aliphatic heterocycles. The van der Waals surface area contributed by atoms with Crippen molar-refractivity contribution < 1.29 is 49.3 Å². The third kappa shape index (κ3) is 6.15. The van der Waals surface area contributed by atoms with E-state index in [1.807, 2.05) is 0 Å². The van der Waals surface area contributed by atoms with Gasteiger partial charge < -0.3 is 14.6 Å². The van der Waals surface area contributed by atoms with E-state index in [9.17, 15) is 39.9 Å². The Kier molecular flexibility index (Phi) is 10.5. The van der Waals surface area contributed by atoms with Gasteiger partial charge in [0, 0.05) is 21.2 Å². The molecule has 0 radical (unpaired) electrons. The van der Waals surface area contributed by atoms with Crippen molar-refractivity contribution in [3.05, 3.63) is 87.9 Å². The van der Waals surface area contributed by atoms with Crippen molar-refractivity contribution >= 4 is 56.2 Å². The molecule has 16 heteroatoms. The van der Waals surface area contributed by atoms with Gasteiger partial charge in [-0.15, -0.1) is 0 Å². The lowest BCUT2D eigenvalue weighted by atomic mass is 10.1. The molecule has 0 heterocycles. The Balaban J connectivity index is 0.000000425. The van der Waals surface area contributed by atoms with Crippen LogP contribution in [0.25, 0.3) is 0 Å². The Labute approximate surface area is 245 Å². The summed E-state index contributed by atoms with van der Waals surface area (Å²) >= 11 is 21.1. The average Bonchev–Trinajstić information content (AvgIpc) is 2.89. The second kappa shape index (κ2) is 12.3. The van der Waals surface area contributed by atoms with Gasteiger partial charge >= 0.3 is 10.5 Å². The zero-order chi connectivity index (χ0) is 30.7. The SMILES string of the molecule is COc1cccc(OC)c1O.O=S(=O)(C(F)(F)C(F)(Cl)c1ccc(Cl)cc1)C(F)(F)C(F)(Cl)c1ccc(Cl)cc1. The Morgan fingerprint density at radius 3 is 1.23 bits per heavy atom. The quantitative estimate of drug-likeness (QED) is 0.192. The molecule has 0 saturated heterocycles. The summed E-state index contributed by atoms with van der Waals surface area (Å²) in [6.07, 6.45) is 0. The molecule has 0 amide bonds. The van der Waals surface area contributed by atoms with Gasteiger partial charge in [0.25, 0.3) is 20.1 Å². The van der Waals surface area contributed by atoms with Gasteiger partial charge in [0.1, 0.15) is 0 Å². The van der Waals surface area contributed by atoms with Crippen LogP contribution in [0.15, 0.2) is 66.7 Å². The van der Waals surface area contributed by atoms with E-state index in [0.717, 1.165) is 24.3 Å². The number of rotatable bonds is 8. The summed E-state index contributed by atoms with van der Waals surface area (Å²) in [6, 6.07) is 10.8. The molecule has 3 rings (SSSR count). The summed E-state index contributed by atoms with van der Waals surface area (Å²) in [4.78, 5) is 0. The lowest BCUT2D eigenvalue weighted by Crippen LogP contribution is -2.56. The number of alkyl halides is 8. The molecular formula is C24H18Cl4F6O5S. The molecule has 2 atom stereocenters. The van der Waals surface area contributed by atoms with Crippen LogP contribution in [0, 0.1) is 0 Å². The van der Waals surface area contributed by atoms with Crippen LogP contribution in [-0.4, -0.2) is 38.3 Å². The Bertz CT molecular complexity index is 1320. The normalized spacial score (nSPS) is 15.2. The van der Waals surface area contributed by atoms with E-state index < -0.39 is 41.7 Å². The van der Waals surface area contributed by atoms with Crippen molar-refractivity contribution in [3.8, 4) is 17.2 Å². The van der Waals surface area contributed by atoms with Crippen molar-refractivity contribution in [2.24, 2.45) is 0 Å². The van der Waals surface area contributed by atoms with Crippen molar-refractivity contribution in [3.63, 3.8) is 0 Å². The van der Waals surface area contributed by atoms with E-state index in [-0.39, 0.29) is 15.8 Å². The Morgan fingerprint density at radius 2 is 0.950 bits per heavy atom. The number of halogens is 10. The largest absolute Gasteiger partial charge is 0.502 e. The minimum Gasteiger partial charge on any atom is -0.502 e. The first kappa shape index (κ1) is 34.0. The lowest BCUT2D eigenvalue weighted by molar-refractivity contribution is -0.0631. The maximum Gasteiger partial charge on any atom is 0.402 e. The molecule has 0 spiro atoms. The minimum absolute atomic E-state index is 0.0394. The van der Waals surface area contributed by atoms with Gasteiger partial charge in [-0.05, 0) is 36.4 Å². The molecule has 0 fully saturated rings. The molecule has 1 N–H and O–H groups in total. The van der Waals surface area contributed by atoms with Gasteiger partial charge in [-0.25, -0.2) is 17.2 Å². The van der Waals surface area contributed by atoms with E-state index in [1.54, 1.807) is 18.2 Å². The number of para-hydroxylation sites is 1. The van der Waals surface area contributed by atoms with Crippen LogP contribution in [-0.2, 0) is 20.1 Å². The number of hydrogen-bond donors (Lipinski definition) is 1. The number of phenols is 1. The van der Waals surface area contributed by atoms with Crippen molar-refractivity contribution in [1.29, 1.82) is 0 Å². The maximum absolute atomic E-state index is 14.7. The highest BCUT2D eigenvalue weighted by molar-refractivity contribution is 7.93. The molecule has 5 nitrogen and oxygen atoms in total. The zero-order valence-corrected chi connectivity index (χ0v) is 24.0. The first-order valence-electron chi connectivity index (χ1n) is 10.5. The summed E-state index contributed by atoms with van der Waals surface area (Å²) in [6.45, 7) is 0. The van der Waals surface area contributed by atoms with E-state index in [0.29, 0.717) is 35.8 Å². The maximum atomic E-state index is 14.7. The molecule has 3 aromatic carbocycles. The summed E-state index contributed by atoms with van der Waals surface area (Å²) in [5, 5.41) is -12.2. The standard InChI is InChI=1S/C16H8Cl4F6O2S.C8H10O3/c17-11-5-1-9(2-6-11)13(19,21)15(23,24)29(27,28)16(25,26)14(20,22)10-3-7-12(18)8-4-10;1-10-6-4-3-5-7(11-2)8(6)9/h1-8H;3-5,9H,1-2H3. The highest BCUT2D eigenvalue weighted by atomic mass is 35.5. The second-order valence-corrected chi connectivity index (χ2v) is 11.7. The van der Waals surface area contributed by atoms with Gasteiger partial charge in [0.2, 0.25) is 5.75 Å². The number of methoxy groups -OCH3 is 2. The van der Waals surface area contributed by atoms with Crippen molar-refractivity contribution in [2.45, 2.75) is 20.8 Å². The predicted octanol–water partition coefficient (Wildman–Crippen LogP) is 8.43. The van der Waals surface area contributed by atoms with Crippen LogP contribution in [0.1, 0.15) is 11.1 Å². The van der Waals surface area contributed by atoms with Gasteiger partial charge in [0.15, 0.2) is 11.5 Å². The minimum atomic E-state index is -7.32. The molecule has 0 aliphatic carbocycles. The number of aromatic hydroxyl groups is 1. The summed E-state index contributed by atoms with van der Waals surface area (Å²) in [5.41, 5.74) is -2.42. The highest BCUT2D eigenvalue weighted by Crippen LogP contribution is 2.57. The van der Waals surface area contributed by atoms with Gasteiger partial charge in [-0.2, -0.15) is 17.6 Å². The number of sulfone groups is 1. The number of hydrogen-bond acceptors (Lipinski definition) is 5. The zero-order valence-electron chi connectivity index (χ0n) is 20.1. The van der Waals surface area contributed by atoms with Crippen LogP contribution in [0.5, 0.6) is 17.2 Å². The lowest BCUT2D eigenvalue weighted by Gasteiger charge is -2.34. The summed E-state index contributed by atoms with van der Waals surface area (Å²) in [5.74, 6) is 0.881. The highest BCUT2D eigenvalue weighted by Gasteiger charge is 2.78. The van der Waals surface area contributed by atoms with Gasteiger partial charge in [-0.3, -0.25) is 0 Å². The molecule has 40 heavy (non-hydrogen) atoms. The van der Waals surface area contributed by atoms with E-state index in [2.05, 4.69) is 0 Å². The Hall–Kier alpha value is -2.25. The fourth-order valence-electron chi connectivity index (χ4n) is 2.98. The molecule has 0 bridgehead atoms. The van der Waals surface area contributed by atoms with Crippen LogP contribution in [0.4, 0.5) is 26.3 Å². The topological polar surface area (TPSA) is 72.8 Å².